The first-order chi connectivity index (χ1) is 14.5. The molecule has 0 aromatic heterocycles. The van der Waals surface area contributed by atoms with Crippen molar-refractivity contribution in [2.24, 2.45) is 10.8 Å². The molecule has 4 rings (SSSR count). The molecule has 0 aliphatic carbocycles. The number of hydrazone groups is 1. The molecule has 0 atom stereocenters. The van der Waals surface area contributed by atoms with E-state index in [0.29, 0.717) is 33.6 Å². The molecule has 8 heteroatoms. The van der Waals surface area contributed by atoms with Crippen LogP contribution >= 0.6 is 0 Å². The molecule has 1 heterocycles. The number of imide groups is 1. The van der Waals surface area contributed by atoms with E-state index in [2.05, 4.69) is 5.10 Å². The van der Waals surface area contributed by atoms with Crippen LogP contribution in [0.15, 0.2) is 59.7 Å². The minimum Gasteiger partial charge on any atom is -0.493 e. The second kappa shape index (κ2) is 7.67. The molecule has 0 fully saturated rings. The Kier molecular flexibility index (Phi) is 4.89. The quantitative estimate of drug-likeness (QED) is 0.502. The Bertz CT molecular complexity index is 1170. The van der Waals surface area contributed by atoms with Gasteiger partial charge in [-0.15, -0.1) is 0 Å². The van der Waals surface area contributed by atoms with E-state index in [1.807, 2.05) is 12.1 Å². The van der Waals surface area contributed by atoms with Gasteiger partial charge in [0.15, 0.2) is 18.1 Å². The third kappa shape index (κ3) is 3.35. The minimum atomic E-state index is -0.611. The monoisotopic (exact) mass is 403 g/mol. The minimum absolute atomic E-state index is 0.286. The Balaban J connectivity index is 1.64. The zero-order valence-electron chi connectivity index (χ0n) is 16.0. The summed E-state index contributed by atoms with van der Waals surface area (Å²) in [6.07, 6.45) is 1.38. The summed E-state index contributed by atoms with van der Waals surface area (Å²) in [6.45, 7) is -0.286. The molecule has 0 saturated carbocycles. The van der Waals surface area contributed by atoms with E-state index in [9.17, 15) is 14.4 Å². The van der Waals surface area contributed by atoms with E-state index in [1.165, 1.54) is 13.3 Å². The van der Waals surface area contributed by atoms with Crippen molar-refractivity contribution >= 4 is 34.7 Å². The fourth-order valence-corrected chi connectivity index (χ4v) is 3.28. The largest absolute Gasteiger partial charge is 0.493 e. The van der Waals surface area contributed by atoms with Gasteiger partial charge in [0.05, 0.1) is 24.5 Å². The van der Waals surface area contributed by atoms with Crippen molar-refractivity contribution in [2.45, 2.75) is 0 Å². The van der Waals surface area contributed by atoms with Crippen LogP contribution in [0.3, 0.4) is 0 Å². The number of primary amides is 1. The Morgan fingerprint density at radius 3 is 2.30 bits per heavy atom. The third-order valence-corrected chi connectivity index (χ3v) is 4.63. The molecule has 3 amide bonds. The Hall–Kier alpha value is -4.20. The first kappa shape index (κ1) is 19.1. The summed E-state index contributed by atoms with van der Waals surface area (Å²) in [5.74, 6) is -0.909. The Labute approximate surface area is 171 Å². The molecule has 30 heavy (non-hydrogen) atoms. The van der Waals surface area contributed by atoms with Gasteiger partial charge in [-0.05, 0) is 41.3 Å². The maximum Gasteiger partial charge on any atom is 0.282 e. The molecule has 1 aliphatic rings. The Morgan fingerprint density at radius 1 is 1.03 bits per heavy atom. The van der Waals surface area contributed by atoms with Crippen LogP contribution in [0.25, 0.3) is 10.8 Å². The summed E-state index contributed by atoms with van der Waals surface area (Å²) in [5, 5.41) is 6.43. The summed E-state index contributed by atoms with van der Waals surface area (Å²) in [6, 6.07) is 15.4. The first-order valence-electron chi connectivity index (χ1n) is 9.03. The van der Waals surface area contributed by atoms with Gasteiger partial charge in [0, 0.05) is 5.39 Å². The van der Waals surface area contributed by atoms with E-state index in [1.54, 1.807) is 42.5 Å². The summed E-state index contributed by atoms with van der Waals surface area (Å²) in [5.41, 5.74) is 6.50. The number of benzene rings is 3. The zero-order valence-corrected chi connectivity index (χ0v) is 16.0. The average Bonchev–Trinajstić information content (AvgIpc) is 2.76. The van der Waals surface area contributed by atoms with Crippen molar-refractivity contribution < 1.29 is 23.9 Å². The molecule has 0 spiro atoms. The zero-order chi connectivity index (χ0) is 21.3. The molecule has 3 aromatic rings. The molecule has 3 aromatic carbocycles. The number of methoxy groups -OCH3 is 1. The van der Waals surface area contributed by atoms with E-state index < -0.39 is 17.7 Å². The third-order valence-electron chi connectivity index (χ3n) is 4.63. The van der Waals surface area contributed by atoms with Crippen LogP contribution in [-0.4, -0.2) is 42.7 Å². The van der Waals surface area contributed by atoms with Gasteiger partial charge >= 0.3 is 0 Å². The van der Waals surface area contributed by atoms with Crippen molar-refractivity contribution in [3.63, 3.8) is 0 Å². The SMILES string of the molecule is COc1cc(/C=N\N2C(=O)c3cccc4cccc(c34)C2=O)ccc1OCC(N)=O. The highest BCUT2D eigenvalue weighted by atomic mass is 16.5. The van der Waals surface area contributed by atoms with Crippen LogP contribution in [-0.2, 0) is 4.79 Å². The van der Waals surface area contributed by atoms with Gasteiger partial charge in [-0.3, -0.25) is 14.4 Å². The van der Waals surface area contributed by atoms with Crippen LogP contribution in [0.4, 0.5) is 0 Å². The van der Waals surface area contributed by atoms with Crippen LogP contribution in [0.5, 0.6) is 11.5 Å². The number of carbonyl (C=O) groups is 3. The standard InChI is InChI=1S/C22H17N3O5/c1-29-18-10-13(8-9-17(18)30-12-19(23)26)11-24-25-21(27)15-6-2-4-14-5-3-7-16(20(14)15)22(25)28/h2-11H,12H2,1H3,(H2,23,26)/b24-11-. The Morgan fingerprint density at radius 2 is 1.70 bits per heavy atom. The molecule has 0 unspecified atom stereocenters. The molecular weight excluding hydrogens is 386 g/mol. The number of hydrogen-bond acceptors (Lipinski definition) is 6. The fraction of sp³-hybridized carbons (Fsp3) is 0.0909. The van der Waals surface area contributed by atoms with Gasteiger partial charge in [-0.25, -0.2) is 0 Å². The van der Waals surface area contributed by atoms with Crippen molar-refractivity contribution in [1.82, 2.24) is 5.01 Å². The number of ether oxygens (including phenoxy) is 2. The van der Waals surface area contributed by atoms with E-state index in [4.69, 9.17) is 15.2 Å². The van der Waals surface area contributed by atoms with Crippen LogP contribution in [0, 0.1) is 0 Å². The molecule has 150 valence electrons. The highest BCUT2D eigenvalue weighted by Crippen LogP contribution is 2.30. The summed E-state index contributed by atoms with van der Waals surface area (Å²) in [4.78, 5) is 36.6. The van der Waals surface area contributed by atoms with Gasteiger partial charge in [0.1, 0.15) is 0 Å². The maximum absolute atomic E-state index is 12.9. The second-order valence-electron chi connectivity index (χ2n) is 6.54. The molecule has 0 bridgehead atoms. The predicted octanol–water partition coefficient (Wildman–Crippen LogP) is 2.34. The fourth-order valence-electron chi connectivity index (χ4n) is 3.28. The predicted molar refractivity (Wildman–Crippen MR) is 110 cm³/mol. The number of nitrogens with zero attached hydrogens (tertiary/aromatic N) is 2. The van der Waals surface area contributed by atoms with E-state index in [-0.39, 0.29) is 6.61 Å². The number of amides is 3. The van der Waals surface area contributed by atoms with Gasteiger partial charge < -0.3 is 15.2 Å². The maximum atomic E-state index is 12.9. The van der Waals surface area contributed by atoms with Crippen LogP contribution in [0.1, 0.15) is 26.3 Å². The molecule has 8 nitrogen and oxygen atoms in total. The van der Waals surface area contributed by atoms with Crippen LogP contribution < -0.4 is 15.2 Å². The number of carbonyl (C=O) groups excluding carboxylic acids is 3. The lowest BCUT2D eigenvalue weighted by atomic mass is 9.95. The highest BCUT2D eigenvalue weighted by Gasteiger charge is 2.32. The lowest BCUT2D eigenvalue weighted by Crippen LogP contribution is -2.36. The van der Waals surface area contributed by atoms with Gasteiger partial charge in [-0.2, -0.15) is 10.1 Å². The number of rotatable bonds is 6. The molecule has 0 saturated heterocycles. The highest BCUT2D eigenvalue weighted by molar-refractivity contribution is 6.25. The first-order valence-corrected chi connectivity index (χ1v) is 9.03. The summed E-state index contributed by atoms with van der Waals surface area (Å²) in [7, 11) is 1.45. The average molecular weight is 403 g/mol. The van der Waals surface area contributed by atoms with Crippen LogP contribution in [0.2, 0.25) is 0 Å². The van der Waals surface area contributed by atoms with E-state index in [0.717, 1.165) is 10.4 Å². The number of hydrogen-bond donors (Lipinski definition) is 1. The van der Waals surface area contributed by atoms with Gasteiger partial charge in [0.2, 0.25) is 0 Å². The normalized spacial score (nSPS) is 13.2. The topological polar surface area (TPSA) is 111 Å². The molecule has 0 radical (unpaired) electrons. The molecule has 1 aliphatic heterocycles. The van der Waals surface area contributed by atoms with Crippen molar-refractivity contribution in [2.75, 3.05) is 13.7 Å². The number of nitrogens with two attached hydrogens (primary N) is 1. The smallest absolute Gasteiger partial charge is 0.282 e. The van der Waals surface area contributed by atoms with Gasteiger partial charge in [0.25, 0.3) is 17.7 Å². The molecular formula is C22H17N3O5. The lowest BCUT2D eigenvalue weighted by Gasteiger charge is -2.23. The van der Waals surface area contributed by atoms with Crippen molar-refractivity contribution in [3.05, 3.63) is 71.3 Å². The summed E-state index contributed by atoms with van der Waals surface area (Å²) < 4.78 is 10.5. The van der Waals surface area contributed by atoms with Crippen molar-refractivity contribution in [1.29, 1.82) is 0 Å². The second-order valence-corrected chi connectivity index (χ2v) is 6.54. The van der Waals surface area contributed by atoms with E-state index >= 15 is 0 Å². The van der Waals surface area contributed by atoms with Gasteiger partial charge in [-0.1, -0.05) is 24.3 Å². The summed E-state index contributed by atoms with van der Waals surface area (Å²) >= 11 is 0. The van der Waals surface area contributed by atoms with Crippen molar-refractivity contribution in [3.8, 4) is 11.5 Å². The lowest BCUT2D eigenvalue weighted by molar-refractivity contribution is -0.119. The molecule has 2 N–H and O–H groups in total.